The Bertz CT molecular complexity index is 617. The van der Waals surface area contributed by atoms with Gasteiger partial charge in [-0.25, -0.2) is 8.78 Å². The molecule has 2 aromatic carbocycles. The monoisotopic (exact) mass is 293 g/mol. The fourth-order valence-electron chi connectivity index (χ4n) is 1.94. The van der Waals surface area contributed by atoms with E-state index in [0.29, 0.717) is 31.0 Å². The Morgan fingerprint density at radius 1 is 1.00 bits per heavy atom. The molecule has 0 heterocycles. The molecule has 0 aliphatic rings. The van der Waals surface area contributed by atoms with Gasteiger partial charge in [-0.2, -0.15) is 0 Å². The Kier molecular flexibility index (Phi) is 5.11. The molecule has 0 saturated carbocycles. The fraction of sp³-hybridized carbons (Fsp3) is 0.250. The summed E-state index contributed by atoms with van der Waals surface area (Å²) in [6.45, 7) is 3.26. The van der Waals surface area contributed by atoms with Gasteiger partial charge < -0.3 is 15.2 Å². The van der Waals surface area contributed by atoms with Crippen molar-refractivity contribution >= 4 is 0 Å². The molecule has 0 radical (unpaired) electrons. The summed E-state index contributed by atoms with van der Waals surface area (Å²) in [6.07, 6.45) is 0. The van der Waals surface area contributed by atoms with E-state index in [4.69, 9.17) is 4.74 Å². The molecule has 0 saturated heterocycles. The number of hydrogen-bond donors (Lipinski definition) is 2. The van der Waals surface area contributed by atoms with E-state index >= 15 is 0 Å². The summed E-state index contributed by atoms with van der Waals surface area (Å²) in [6, 6.07) is 8.91. The lowest BCUT2D eigenvalue weighted by Crippen LogP contribution is -2.13. The van der Waals surface area contributed by atoms with Gasteiger partial charge in [-0.3, -0.25) is 0 Å². The van der Waals surface area contributed by atoms with E-state index in [1.807, 2.05) is 6.92 Å². The van der Waals surface area contributed by atoms with Crippen LogP contribution in [-0.2, 0) is 13.1 Å². The smallest absolute Gasteiger partial charge is 0.161 e. The van der Waals surface area contributed by atoms with Gasteiger partial charge in [0.05, 0.1) is 6.61 Å². The van der Waals surface area contributed by atoms with Crippen LogP contribution in [0.3, 0.4) is 0 Å². The number of phenols is 1. The highest BCUT2D eigenvalue weighted by atomic mass is 19.2. The number of nitrogens with one attached hydrogen (secondary N) is 1. The van der Waals surface area contributed by atoms with E-state index in [1.165, 1.54) is 12.1 Å². The number of rotatable bonds is 6. The molecule has 0 atom stereocenters. The van der Waals surface area contributed by atoms with Crippen molar-refractivity contribution in [3.05, 3.63) is 59.2 Å². The third-order valence-electron chi connectivity index (χ3n) is 2.97. The van der Waals surface area contributed by atoms with E-state index in [9.17, 15) is 13.9 Å². The molecule has 0 aromatic heterocycles. The summed E-state index contributed by atoms with van der Waals surface area (Å²) < 4.78 is 31.2. The van der Waals surface area contributed by atoms with Crippen molar-refractivity contribution in [2.75, 3.05) is 6.61 Å². The van der Waals surface area contributed by atoms with Crippen molar-refractivity contribution in [1.29, 1.82) is 0 Å². The van der Waals surface area contributed by atoms with Crippen LogP contribution in [0.25, 0.3) is 0 Å². The lowest BCUT2D eigenvalue weighted by Gasteiger charge is -2.09. The normalized spacial score (nSPS) is 10.6. The predicted octanol–water partition coefficient (Wildman–Crippen LogP) is 3.36. The van der Waals surface area contributed by atoms with Gasteiger partial charge in [-0.05, 0) is 42.3 Å². The van der Waals surface area contributed by atoms with Crippen LogP contribution in [0.2, 0.25) is 0 Å². The van der Waals surface area contributed by atoms with Gasteiger partial charge >= 0.3 is 0 Å². The summed E-state index contributed by atoms with van der Waals surface area (Å²) in [5.74, 6) is -1.16. The Morgan fingerprint density at radius 2 is 1.67 bits per heavy atom. The van der Waals surface area contributed by atoms with Gasteiger partial charge in [0.25, 0.3) is 0 Å². The Hall–Kier alpha value is -2.14. The van der Waals surface area contributed by atoms with Crippen LogP contribution in [0.4, 0.5) is 8.78 Å². The molecule has 0 aliphatic heterocycles. The highest BCUT2D eigenvalue weighted by molar-refractivity contribution is 5.41. The minimum absolute atomic E-state index is 0.0983. The van der Waals surface area contributed by atoms with Crippen LogP contribution in [-0.4, -0.2) is 11.7 Å². The molecule has 0 unspecified atom stereocenters. The van der Waals surface area contributed by atoms with Crippen molar-refractivity contribution in [3.63, 3.8) is 0 Å². The zero-order valence-corrected chi connectivity index (χ0v) is 11.7. The van der Waals surface area contributed by atoms with Gasteiger partial charge in [0.15, 0.2) is 23.1 Å². The number of phenolic OH excluding ortho intramolecular Hbond substituents is 1. The zero-order valence-electron chi connectivity index (χ0n) is 11.7. The average Bonchev–Trinajstić information content (AvgIpc) is 2.46. The number of halogens is 2. The van der Waals surface area contributed by atoms with Crippen molar-refractivity contribution in [2.45, 2.75) is 20.0 Å². The van der Waals surface area contributed by atoms with Gasteiger partial charge in [0, 0.05) is 13.1 Å². The molecule has 0 aliphatic carbocycles. The Morgan fingerprint density at radius 3 is 2.33 bits per heavy atom. The molecule has 2 aromatic rings. The van der Waals surface area contributed by atoms with Crippen molar-refractivity contribution in [1.82, 2.24) is 5.32 Å². The first-order valence-electron chi connectivity index (χ1n) is 6.69. The van der Waals surface area contributed by atoms with E-state index < -0.39 is 11.6 Å². The maximum Gasteiger partial charge on any atom is 0.161 e. The fourth-order valence-corrected chi connectivity index (χ4v) is 1.94. The largest absolute Gasteiger partial charge is 0.504 e. The first kappa shape index (κ1) is 15.3. The van der Waals surface area contributed by atoms with E-state index in [1.54, 1.807) is 18.2 Å². The number of benzene rings is 2. The molecular weight excluding hydrogens is 276 g/mol. The van der Waals surface area contributed by atoms with Crippen LogP contribution in [0.1, 0.15) is 18.1 Å². The molecule has 0 bridgehead atoms. The van der Waals surface area contributed by atoms with Crippen molar-refractivity contribution in [2.24, 2.45) is 0 Å². The van der Waals surface area contributed by atoms with Crippen LogP contribution in [0.5, 0.6) is 11.5 Å². The molecular formula is C16H17F2NO2. The van der Waals surface area contributed by atoms with Gasteiger partial charge in [-0.15, -0.1) is 0 Å². The lowest BCUT2D eigenvalue weighted by molar-refractivity contribution is 0.317. The summed E-state index contributed by atoms with van der Waals surface area (Å²) >= 11 is 0. The summed E-state index contributed by atoms with van der Waals surface area (Å²) in [5, 5.41) is 12.7. The molecule has 5 heteroatoms. The first-order valence-corrected chi connectivity index (χ1v) is 6.69. The Labute approximate surface area is 122 Å². The molecule has 2 N–H and O–H groups in total. The maximum absolute atomic E-state index is 13.1. The van der Waals surface area contributed by atoms with Gasteiger partial charge in [0.2, 0.25) is 0 Å². The van der Waals surface area contributed by atoms with Crippen LogP contribution >= 0.6 is 0 Å². The van der Waals surface area contributed by atoms with Crippen LogP contribution < -0.4 is 10.1 Å². The van der Waals surface area contributed by atoms with E-state index in [0.717, 1.165) is 11.6 Å². The van der Waals surface area contributed by atoms with Crippen LogP contribution in [0, 0.1) is 11.6 Å². The standard InChI is InChI=1S/C16H17F2NO2/c1-2-21-16-8-12(4-6-15(16)20)10-19-9-11-3-5-13(17)14(18)7-11/h3-8,19-20H,2,9-10H2,1H3. The molecule has 2 rings (SSSR count). The molecule has 0 spiro atoms. The number of aromatic hydroxyl groups is 1. The van der Waals surface area contributed by atoms with Gasteiger partial charge in [-0.1, -0.05) is 12.1 Å². The zero-order chi connectivity index (χ0) is 15.2. The second kappa shape index (κ2) is 7.04. The van der Waals surface area contributed by atoms with Crippen LogP contribution in [0.15, 0.2) is 36.4 Å². The van der Waals surface area contributed by atoms with Crippen molar-refractivity contribution < 1.29 is 18.6 Å². The number of hydrogen-bond acceptors (Lipinski definition) is 3. The third-order valence-corrected chi connectivity index (χ3v) is 2.97. The molecule has 0 fully saturated rings. The molecule has 21 heavy (non-hydrogen) atoms. The highest BCUT2D eigenvalue weighted by Gasteiger charge is 2.05. The first-order chi connectivity index (χ1) is 10.1. The predicted molar refractivity (Wildman–Crippen MR) is 76.2 cm³/mol. The lowest BCUT2D eigenvalue weighted by atomic mass is 10.2. The quantitative estimate of drug-likeness (QED) is 0.858. The SMILES string of the molecule is CCOc1cc(CNCc2ccc(F)c(F)c2)ccc1O. The van der Waals surface area contributed by atoms with Gasteiger partial charge in [0.1, 0.15) is 0 Å². The third kappa shape index (κ3) is 4.16. The molecule has 0 amide bonds. The summed E-state index contributed by atoms with van der Waals surface area (Å²) in [5.41, 5.74) is 1.59. The topological polar surface area (TPSA) is 41.5 Å². The maximum atomic E-state index is 13.1. The average molecular weight is 293 g/mol. The minimum atomic E-state index is -0.849. The number of ether oxygens (including phenoxy) is 1. The second-order valence-electron chi connectivity index (χ2n) is 4.59. The molecule has 112 valence electrons. The summed E-state index contributed by atoms with van der Waals surface area (Å²) in [7, 11) is 0. The summed E-state index contributed by atoms with van der Waals surface area (Å²) in [4.78, 5) is 0. The Balaban J connectivity index is 1.93. The molecule has 3 nitrogen and oxygen atoms in total. The minimum Gasteiger partial charge on any atom is -0.504 e. The van der Waals surface area contributed by atoms with E-state index in [-0.39, 0.29) is 5.75 Å². The highest BCUT2D eigenvalue weighted by Crippen LogP contribution is 2.26. The van der Waals surface area contributed by atoms with Crippen molar-refractivity contribution in [3.8, 4) is 11.5 Å². The van der Waals surface area contributed by atoms with E-state index in [2.05, 4.69) is 5.32 Å². The second-order valence-corrected chi connectivity index (χ2v) is 4.59.